The summed E-state index contributed by atoms with van der Waals surface area (Å²) in [6, 6.07) is 8.24. The van der Waals surface area contributed by atoms with Crippen LogP contribution in [-0.2, 0) is 11.2 Å². The zero-order valence-electron chi connectivity index (χ0n) is 12.4. The van der Waals surface area contributed by atoms with Crippen LogP contribution in [0.25, 0.3) is 0 Å². The molecule has 2 unspecified atom stereocenters. The van der Waals surface area contributed by atoms with Gasteiger partial charge in [-0.2, -0.15) is 11.8 Å². The van der Waals surface area contributed by atoms with Crippen molar-refractivity contribution in [1.82, 2.24) is 0 Å². The van der Waals surface area contributed by atoms with Gasteiger partial charge >= 0.3 is 0 Å². The van der Waals surface area contributed by atoms with Crippen molar-refractivity contribution in [2.75, 3.05) is 18.1 Å². The molecule has 2 N–H and O–H groups in total. The Morgan fingerprint density at radius 3 is 2.86 bits per heavy atom. The minimum atomic E-state index is 0.117. The third kappa shape index (κ3) is 3.76. The van der Waals surface area contributed by atoms with E-state index < -0.39 is 0 Å². The molecular formula is C17H24ClNOS. The summed E-state index contributed by atoms with van der Waals surface area (Å²) in [6.45, 7) is 0.867. The topological polar surface area (TPSA) is 35.2 Å². The van der Waals surface area contributed by atoms with Crippen LogP contribution in [0.4, 0.5) is 0 Å². The van der Waals surface area contributed by atoms with Gasteiger partial charge in [0.05, 0.1) is 5.60 Å². The van der Waals surface area contributed by atoms with E-state index in [1.165, 1.54) is 29.9 Å². The zero-order valence-corrected chi connectivity index (χ0v) is 14.0. The second-order valence-electron chi connectivity index (χ2n) is 6.36. The van der Waals surface area contributed by atoms with Crippen molar-refractivity contribution in [3.05, 3.63) is 34.9 Å². The SMILES string of the molecule is NC(Cc1ccccc1Cl)C1CCOC2(CCSCC2)C1. The van der Waals surface area contributed by atoms with Crippen LogP contribution < -0.4 is 5.73 Å². The number of nitrogens with two attached hydrogens (primary N) is 1. The average molecular weight is 326 g/mol. The van der Waals surface area contributed by atoms with E-state index in [0.717, 1.165) is 30.9 Å². The molecule has 2 atom stereocenters. The Morgan fingerprint density at radius 2 is 2.10 bits per heavy atom. The molecule has 2 saturated heterocycles. The number of hydrogen-bond donors (Lipinski definition) is 1. The average Bonchev–Trinajstić information content (AvgIpc) is 2.50. The van der Waals surface area contributed by atoms with Crippen LogP contribution in [-0.4, -0.2) is 29.8 Å². The van der Waals surface area contributed by atoms with Crippen LogP contribution in [0.2, 0.25) is 5.02 Å². The van der Waals surface area contributed by atoms with Gasteiger partial charge in [0.1, 0.15) is 0 Å². The molecule has 4 heteroatoms. The van der Waals surface area contributed by atoms with E-state index in [1.807, 2.05) is 30.0 Å². The number of rotatable bonds is 3. The summed E-state index contributed by atoms with van der Waals surface area (Å²) >= 11 is 8.31. The Bertz CT molecular complexity index is 470. The van der Waals surface area contributed by atoms with Gasteiger partial charge in [-0.05, 0) is 61.2 Å². The highest BCUT2D eigenvalue weighted by molar-refractivity contribution is 7.99. The predicted octanol–water partition coefficient (Wildman–Crippen LogP) is 3.90. The third-order valence-electron chi connectivity index (χ3n) is 4.95. The summed E-state index contributed by atoms with van der Waals surface area (Å²) in [5.74, 6) is 3.01. The number of hydrogen-bond acceptors (Lipinski definition) is 3. The van der Waals surface area contributed by atoms with E-state index in [4.69, 9.17) is 22.1 Å². The summed E-state index contributed by atoms with van der Waals surface area (Å²) in [5.41, 5.74) is 7.81. The smallest absolute Gasteiger partial charge is 0.0701 e. The molecule has 2 heterocycles. The number of halogens is 1. The quantitative estimate of drug-likeness (QED) is 0.915. The van der Waals surface area contributed by atoms with Crippen LogP contribution in [0.5, 0.6) is 0 Å². The number of ether oxygens (including phenoxy) is 1. The molecule has 116 valence electrons. The summed E-state index contributed by atoms with van der Waals surface area (Å²) in [4.78, 5) is 0. The fourth-order valence-corrected chi connectivity index (χ4v) is 5.06. The molecule has 21 heavy (non-hydrogen) atoms. The van der Waals surface area contributed by atoms with Crippen LogP contribution in [0.1, 0.15) is 31.2 Å². The first-order valence-electron chi connectivity index (χ1n) is 7.89. The summed E-state index contributed by atoms with van der Waals surface area (Å²) in [5, 5.41) is 0.837. The third-order valence-corrected chi connectivity index (χ3v) is 6.31. The zero-order chi connectivity index (χ0) is 14.7. The minimum absolute atomic E-state index is 0.117. The first-order chi connectivity index (χ1) is 10.2. The fourth-order valence-electron chi connectivity index (χ4n) is 3.61. The van der Waals surface area contributed by atoms with Crippen molar-refractivity contribution in [2.24, 2.45) is 11.7 Å². The molecule has 2 nitrogen and oxygen atoms in total. The van der Waals surface area contributed by atoms with Gasteiger partial charge in [-0.3, -0.25) is 0 Å². The van der Waals surface area contributed by atoms with Gasteiger partial charge in [0.15, 0.2) is 0 Å². The molecule has 1 spiro atoms. The van der Waals surface area contributed by atoms with Gasteiger partial charge in [0, 0.05) is 17.7 Å². The monoisotopic (exact) mass is 325 g/mol. The largest absolute Gasteiger partial charge is 0.375 e. The lowest BCUT2D eigenvalue weighted by atomic mass is 9.77. The highest BCUT2D eigenvalue weighted by atomic mass is 35.5. The molecule has 0 aromatic heterocycles. The second kappa shape index (κ2) is 6.91. The Labute approximate surface area is 136 Å². The lowest BCUT2D eigenvalue weighted by molar-refractivity contribution is -0.105. The van der Waals surface area contributed by atoms with E-state index in [9.17, 15) is 0 Å². The molecule has 2 aliphatic rings. The molecule has 0 saturated carbocycles. The molecular weight excluding hydrogens is 302 g/mol. The van der Waals surface area contributed by atoms with Crippen molar-refractivity contribution in [1.29, 1.82) is 0 Å². The maximum atomic E-state index is 6.52. The predicted molar refractivity (Wildman–Crippen MR) is 91.1 cm³/mol. The minimum Gasteiger partial charge on any atom is -0.375 e. The van der Waals surface area contributed by atoms with E-state index >= 15 is 0 Å². The molecule has 3 rings (SSSR count). The first-order valence-corrected chi connectivity index (χ1v) is 9.42. The van der Waals surface area contributed by atoms with Crippen molar-refractivity contribution in [3.8, 4) is 0 Å². The molecule has 0 amide bonds. The second-order valence-corrected chi connectivity index (χ2v) is 7.99. The summed E-state index contributed by atoms with van der Waals surface area (Å²) in [7, 11) is 0. The molecule has 0 aliphatic carbocycles. The Kier molecular flexibility index (Phi) is 5.15. The highest BCUT2D eigenvalue weighted by Crippen LogP contribution is 2.40. The Balaban J connectivity index is 1.64. The summed E-state index contributed by atoms with van der Waals surface area (Å²) < 4.78 is 6.17. The van der Waals surface area contributed by atoms with Gasteiger partial charge < -0.3 is 10.5 Å². The maximum absolute atomic E-state index is 6.52. The molecule has 0 radical (unpaired) electrons. The van der Waals surface area contributed by atoms with Gasteiger partial charge in [-0.1, -0.05) is 29.8 Å². The van der Waals surface area contributed by atoms with E-state index in [0.29, 0.717) is 5.92 Å². The Morgan fingerprint density at radius 1 is 1.33 bits per heavy atom. The standard InChI is InChI=1S/C17H24ClNOS/c18-15-4-2-1-3-13(15)11-16(19)14-5-8-20-17(12-14)6-9-21-10-7-17/h1-4,14,16H,5-12,19H2. The first kappa shape index (κ1) is 15.7. The molecule has 0 bridgehead atoms. The number of benzene rings is 1. The normalized spacial score (nSPS) is 26.7. The highest BCUT2D eigenvalue weighted by Gasteiger charge is 2.40. The number of thioether (sulfide) groups is 1. The molecule has 1 aromatic carbocycles. The van der Waals surface area contributed by atoms with E-state index in [-0.39, 0.29) is 11.6 Å². The van der Waals surface area contributed by atoms with Gasteiger partial charge in [0.2, 0.25) is 0 Å². The maximum Gasteiger partial charge on any atom is 0.0701 e. The lowest BCUT2D eigenvalue weighted by Gasteiger charge is -2.44. The van der Waals surface area contributed by atoms with Crippen LogP contribution in [0.3, 0.4) is 0 Å². The molecule has 1 aromatic rings. The van der Waals surface area contributed by atoms with Gasteiger partial charge in [-0.25, -0.2) is 0 Å². The van der Waals surface area contributed by atoms with Crippen molar-refractivity contribution in [3.63, 3.8) is 0 Å². The van der Waals surface area contributed by atoms with Crippen LogP contribution >= 0.6 is 23.4 Å². The van der Waals surface area contributed by atoms with Gasteiger partial charge in [-0.15, -0.1) is 0 Å². The van der Waals surface area contributed by atoms with Crippen molar-refractivity contribution < 1.29 is 4.74 Å². The van der Waals surface area contributed by atoms with E-state index in [1.54, 1.807) is 0 Å². The Hall–Kier alpha value is -0.220. The van der Waals surface area contributed by atoms with Crippen molar-refractivity contribution in [2.45, 2.75) is 43.7 Å². The lowest BCUT2D eigenvalue weighted by Crippen LogP contribution is -2.47. The van der Waals surface area contributed by atoms with Crippen LogP contribution in [0, 0.1) is 5.92 Å². The molecule has 2 aliphatic heterocycles. The van der Waals surface area contributed by atoms with E-state index in [2.05, 4.69) is 6.07 Å². The molecule has 2 fully saturated rings. The summed E-state index contributed by atoms with van der Waals surface area (Å²) in [6.07, 6.45) is 5.45. The fraction of sp³-hybridized carbons (Fsp3) is 0.647. The van der Waals surface area contributed by atoms with Crippen LogP contribution in [0.15, 0.2) is 24.3 Å². The van der Waals surface area contributed by atoms with Crippen molar-refractivity contribution >= 4 is 23.4 Å². The van der Waals surface area contributed by atoms with Gasteiger partial charge in [0.25, 0.3) is 0 Å².